The summed E-state index contributed by atoms with van der Waals surface area (Å²) in [6, 6.07) is 12.2. The summed E-state index contributed by atoms with van der Waals surface area (Å²) >= 11 is 3.48. The van der Waals surface area contributed by atoms with Crippen molar-refractivity contribution in [1.82, 2.24) is 4.98 Å². The Balaban J connectivity index is 1.49. The van der Waals surface area contributed by atoms with Crippen molar-refractivity contribution in [1.29, 1.82) is 0 Å². The molecule has 6 heteroatoms. The number of hydrogen-bond donors (Lipinski definition) is 1. The summed E-state index contributed by atoms with van der Waals surface area (Å²) in [5.74, 6) is 0.434. The molecule has 1 atom stereocenters. The number of carbonyl (C=O) groups is 1. The molecule has 2 aromatic heterocycles. The molecule has 4 nitrogen and oxygen atoms in total. The number of rotatable bonds is 6. The van der Waals surface area contributed by atoms with Crippen molar-refractivity contribution in [3.63, 3.8) is 0 Å². The van der Waals surface area contributed by atoms with Crippen LogP contribution < -0.4 is 4.74 Å². The minimum atomic E-state index is -0.893. The van der Waals surface area contributed by atoms with Crippen molar-refractivity contribution in [2.45, 2.75) is 34.3 Å². The second-order valence-electron chi connectivity index (χ2n) is 6.44. The molecule has 1 unspecified atom stereocenters. The Morgan fingerprint density at radius 1 is 1.33 bits per heavy atom. The fraction of sp³-hybridized carbons (Fsp3) is 0.238. The van der Waals surface area contributed by atoms with Crippen molar-refractivity contribution in [2.75, 3.05) is 6.61 Å². The number of aromatic carboxylic acids is 1. The minimum Gasteiger partial charge on any atom is -0.493 e. The molecule has 1 N–H and O–H groups in total. The van der Waals surface area contributed by atoms with E-state index in [1.54, 1.807) is 35.4 Å². The fourth-order valence-electron chi connectivity index (χ4n) is 3.41. The van der Waals surface area contributed by atoms with E-state index in [2.05, 4.69) is 40.7 Å². The van der Waals surface area contributed by atoms with E-state index in [-0.39, 0.29) is 0 Å². The average molecular weight is 398 g/mol. The van der Waals surface area contributed by atoms with Crippen LogP contribution >= 0.6 is 23.1 Å². The van der Waals surface area contributed by atoms with Gasteiger partial charge in [0.2, 0.25) is 0 Å². The maximum atomic E-state index is 11.4. The topological polar surface area (TPSA) is 59.4 Å². The molecule has 27 heavy (non-hydrogen) atoms. The molecule has 1 aromatic carbocycles. The Morgan fingerprint density at radius 3 is 3.07 bits per heavy atom. The van der Waals surface area contributed by atoms with Gasteiger partial charge < -0.3 is 9.84 Å². The number of fused-ring (bicyclic) bond motifs is 1. The van der Waals surface area contributed by atoms with Crippen LogP contribution in [-0.2, 0) is 6.42 Å². The molecule has 0 saturated heterocycles. The molecular weight excluding hydrogens is 378 g/mol. The van der Waals surface area contributed by atoms with Gasteiger partial charge in [-0.15, -0.1) is 11.3 Å². The number of thiophene rings is 1. The van der Waals surface area contributed by atoms with Crippen molar-refractivity contribution in [2.24, 2.45) is 0 Å². The minimum absolute atomic E-state index is 0.347. The Bertz CT molecular complexity index is 940. The number of ether oxygens (including phenoxy) is 1. The molecule has 0 saturated carbocycles. The van der Waals surface area contributed by atoms with E-state index in [0.717, 1.165) is 24.2 Å². The van der Waals surface area contributed by atoms with Crippen molar-refractivity contribution in [3.8, 4) is 5.75 Å². The van der Waals surface area contributed by atoms with Crippen LogP contribution in [0.3, 0.4) is 0 Å². The van der Waals surface area contributed by atoms with Gasteiger partial charge in [0.15, 0.2) is 0 Å². The largest absolute Gasteiger partial charge is 0.493 e. The zero-order valence-electron chi connectivity index (χ0n) is 14.6. The highest BCUT2D eigenvalue weighted by Gasteiger charge is 2.22. The van der Waals surface area contributed by atoms with Crippen LogP contribution in [0.2, 0.25) is 0 Å². The van der Waals surface area contributed by atoms with E-state index in [1.165, 1.54) is 20.9 Å². The van der Waals surface area contributed by atoms with Crippen molar-refractivity contribution >= 4 is 29.1 Å². The average Bonchev–Trinajstić information content (AvgIpc) is 3.19. The SMILES string of the molecule is O=C(O)c1ccncc1CCC1CCOc2cc(Sc3cccs3)ccc21. The standard InChI is InChI=1S/C21H19NO3S2/c23-21(24)18-7-9-22-13-15(18)4-3-14-8-10-25-19-12-16(5-6-17(14)19)27-20-2-1-11-26-20/h1-2,5-7,9,11-14H,3-4,8,10H2,(H,23,24). The molecule has 3 aromatic rings. The predicted molar refractivity (Wildman–Crippen MR) is 107 cm³/mol. The Hall–Kier alpha value is -2.31. The van der Waals surface area contributed by atoms with E-state index in [1.807, 2.05) is 0 Å². The predicted octanol–water partition coefficient (Wildman–Crippen LogP) is 5.49. The number of hydrogen-bond acceptors (Lipinski definition) is 5. The van der Waals surface area contributed by atoms with Gasteiger partial charge in [0.1, 0.15) is 5.75 Å². The molecule has 1 aliphatic rings. The molecular formula is C21H19NO3S2. The summed E-state index contributed by atoms with van der Waals surface area (Å²) in [5, 5.41) is 11.4. The second-order valence-corrected chi connectivity index (χ2v) is 8.77. The van der Waals surface area contributed by atoms with Gasteiger partial charge in [0.05, 0.1) is 16.4 Å². The van der Waals surface area contributed by atoms with Crippen LogP contribution in [0, 0.1) is 0 Å². The molecule has 1 aliphatic heterocycles. The quantitative estimate of drug-likeness (QED) is 0.596. The lowest BCUT2D eigenvalue weighted by molar-refractivity contribution is 0.0695. The van der Waals surface area contributed by atoms with E-state index in [4.69, 9.17) is 4.74 Å². The van der Waals surface area contributed by atoms with Crippen LogP contribution in [0.1, 0.15) is 40.2 Å². The molecule has 0 bridgehead atoms. The fourth-order valence-corrected chi connectivity index (χ4v) is 5.19. The highest BCUT2D eigenvalue weighted by Crippen LogP contribution is 2.40. The number of nitrogens with zero attached hydrogens (tertiary/aromatic N) is 1. The Labute approximate surface area is 166 Å². The second kappa shape index (κ2) is 8.15. The first-order valence-corrected chi connectivity index (χ1v) is 10.5. The van der Waals surface area contributed by atoms with Crippen LogP contribution in [0.15, 0.2) is 63.3 Å². The highest BCUT2D eigenvalue weighted by atomic mass is 32.2. The first-order valence-electron chi connectivity index (χ1n) is 8.85. The molecule has 3 heterocycles. The highest BCUT2D eigenvalue weighted by molar-refractivity contribution is 8.01. The van der Waals surface area contributed by atoms with Gasteiger partial charge in [-0.1, -0.05) is 23.9 Å². The van der Waals surface area contributed by atoms with Crippen molar-refractivity contribution in [3.05, 3.63) is 70.9 Å². The van der Waals surface area contributed by atoms with Crippen LogP contribution in [-0.4, -0.2) is 22.7 Å². The molecule has 0 aliphatic carbocycles. The third-order valence-electron chi connectivity index (χ3n) is 4.76. The Morgan fingerprint density at radius 2 is 2.26 bits per heavy atom. The molecule has 0 spiro atoms. The molecule has 0 fully saturated rings. The van der Waals surface area contributed by atoms with Crippen LogP contribution in [0.5, 0.6) is 5.75 Å². The van der Waals surface area contributed by atoms with Gasteiger partial charge in [0, 0.05) is 17.3 Å². The summed E-state index contributed by atoms with van der Waals surface area (Å²) in [6.07, 6.45) is 5.74. The van der Waals surface area contributed by atoms with Gasteiger partial charge >= 0.3 is 5.97 Å². The summed E-state index contributed by atoms with van der Waals surface area (Å²) < 4.78 is 7.18. The number of carboxylic acid groups (broad SMARTS) is 1. The number of aryl methyl sites for hydroxylation is 1. The van der Waals surface area contributed by atoms with Gasteiger partial charge in [0.25, 0.3) is 0 Å². The summed E-state index contributed by atoms with van der Waals surface area (Å²) in [6.45, 7) is 0.698. The molecule has 0 amide bonds. The smallest absolute Gasteiger partial charge is 0.336 e. The summed E-state index contributed by atoms with van der Waals surface area (Å²) in [4.78, 5) is 16.7. The molecule has 0 radical (unpaired) electrons. The Kier molecular flexibility index (Phi) is 5.45. The number of pyridine rings is 1. The zero-order chi connectivity index (χ0) is 18.6. The van der Waals surface area contributed by atoms with E-state index in [9.17, 15) is 9.90 Å². The lowest BCUT2D eigenvalue weighted by Crippen LogP contribution is -2.15. The van der Waals surface area contributed by atoms with Crippen LogP contribution in [0.25, 0.3) is 0 Å². The zero-order valence-corrected chi connectivity index (χ0v) is 16.3. The first-order chi connectivity index (χ1) is 13.2. The normalized spacial score (nSPS) is 15.8. The van der Waals surface area contributed by atoms with Crippen LogP contribution in [0.4, 0.5) is 0 Å². The first kappa shape index (κ1) is 18.1. The van der Waals surface area contributed by atoms with E-state index < -0.39 is 5.97 Å². The number of carboxylic acids is 1. The lowest BCUT2D eigenvalue weighted by atomic mass is 9.87. The van der Waals surface area contributed by atoms with E-state index >= 15 is 0 Å². The maximum Gasteiger partial charge on any atom is 0.336 e. The van der Waals surface area contributed by atoms with Gasteiger partial charge in [-0.3, -0.25) is 4.98 Å². The maximum absolute atomic E-state index is 11.4. The summed E-state index contributed by atoms with van der Waals surface area (Å²) in [7, 11) is 0. The number of benzene rings is 1. The lowest BCUT2D eigenvalue weighted by Gasteiger charge is -2.26. The van der Waals surface area contributed by atoms with E-state index in [0.29, 0.717) is 24.5 Å². The van der Waals surface area contributed by atoms with Gasteiger partial charge in [-0.05, 0) is 66.0 Å². The third kappa shape index (κ3) is 4.17. The number of aromatic nitrogens is 1. The van der Waals surface area contributed by atoms with Gasteiger partial charge in [-0.2, -0.15) is 0 Å². The monoisotopic (exact) mass is 397 g/mol. The molecule has 4 rings (SSSR count). The molecule has 138 valence electrons. The summed E-state index contributed by atoms with van der Waals surface area (Å²) in [5.41, 5.74) is 2.36. The van der Waals surface area contributed by atoms with Gasteiger partial charge in [-0.25, -0.2) is 4.79 Å². The van der Waals surface area contributed by atoms with Crippen molar-refractivity contribution < 1.29 is 14.6 Å². The third-order valence-corrected chi connectivity index (χ3v) is 6.79.